The zero-order valence-electron chi connectivity index (χ0n) is 12.2. The highest BCUT2D eigenvalue weighted by atomic mass is 127. The van der Waals surface area contributed by atoms with Gasteiger partial charge in [0.05, 0.1) is 5.56 Å². The van der Waals surface area contributed by atoms with Crippen LogP contribution in [0.25, 0.3) is 10.8 Å². The summed E-state index contributed by atoms with van der Waals surface area (Å²) in [6.07, 6.45) is 2.18. The third-order valence-electron chi connectivity index (χ3n) is 4.30. The van der Waals surface area contributed by atoms with Crippen LogP contribution in [0.5, 0.6) is 0 Å². The topological polar surface area (TPSA) is 29.1 Å². The number of aryl methyl sites for hydroxylation is 2. The summed E-state index contributed by atoms with van der Waals surface area (Å²) in [5.41, 5.74) is 4.33. The van der Waals surface area contributed by atoms with Crippen molar-refractivity contribution in [3.63, 3.8) is 0 Å². The molecule has 1 aliphatic carbocycles. The average Bonchev–Trinajstić information content (AvgIpc) is 2.97. The van der Waals surface area contributed by atoms with Crippen LogP contribution in [0.15, 0.2) is 53.0 Å². The van der Waals surface area contributed by atoms with Gasteiger partial charge in [-0.1, -0.05) is 40.2 Å². The van der Waals surface area contributed by atoms with Crippen molar-refractivity contribution in [3.05, 3.63) is 73.3 Å². The number of benzene rings is 3. The molecule has 0 aliphatic heterocycles. The first kappa shape index (κ1) is 15.1. The Bertz CT molecular complexity index is 941. The molecule has 0 aromatic heterocycles. The van der Waals surface area contributed by atoms with Crippen LogP contribution in [0.3, 0.4) is 0 Å². The van der Waals surface area contributed by atoms with E-state index in [9.17, 15) is 4.79 Å². The van der Waals surface area contributed by atoms with E-state index in [1.54, 1.807) is 0 Å². The SMILES string of the molecule is O=C(Nc1ccc2c3c(cccc13)CC2)c1cc(Br)ccc1I. The van der Waals surface area contributed by atoms with Crippen molar-refractivity contribution in [2.24, 2.45) is 0 Å². The fraction of sp³-hybridized carbons (Fsp3) is 0.105. The Morgan fingerprint density at radius 2 is 1.83 bits per heavy atom. The molecule has 0 spiro atoms. The minimum Gasteiger partial charge on any atom is -0.321 e. The quantitative estimate of drug-likeness (QED) is 0.481. The summed E-state index contributed by atoms with van der Waals surface area (Å²) >= 11 is 5.63. The number of nitrogens with one attached hydrogen (secondary N) is 1. The molecule has 0 saturated heterocycles. The van der Waals surface area contributed by atoms with Gasteiger partial charge in [-0.2, -0.15) is 0 Å². The molecule has 0 bridgehead atoms. The van der Waals surface area contributed by atoms with E-state index in [4.69, 9.17) is 0 Å². The third-order valence-corrected chi connectivity index (χ3v) is 5.73. The first-order valence-corrected chi connectivity index (χ1v) is 9.30. The number of halogens is 2. The Labute approximate surface area is 156 Å². The second-order valence-corrected chi connectivity index (χ2v) is 7.77. The Kier molecular flexibility index (Phi) is 3.89. The minimum atomic E-state index is -0.0746. The first-order chi connectivity index (χ1) is 11.1. The van der Waals surface area contributed by atoms with Crippen molar-refractivity contribution in [2.45, 2.75) is 12.8 Å². The second-order valence-electron chi connectivity index (χ2n) is 5.69. The Balaban J connectivity index is 1.77. The maximum Gasteiger partial charge on any atom is 0.256 e. The Hall–Kier alpha value is -1.40. The van der Waals surface area contributed by atoms with Crippen LogP contribution in [0.4, 0.5) is 5.69 Å². The van der Waals surface area contributed by atoms with Crippen molar-refractivity contribution in [1.82, 2.24) is 0 Å². The van der Waals surface area contributed by atoms with Gasteiger partial charge in [0.1, 0.15) is 0 Å². The molecule has 0 fully saturated rings. The van der Waals surface area contributed by atoms with Gasteiger partial charge in [0, 0.05) is 19.1 Å². The molecule has 1 aliphatic rings. The van der Waals surface area contributed by atoms with Gasteiger partial charge in [0.15, 0.2) is 0 Å². The van der Waals surface area contributed by atoms with E-state index in [1.807, 2.05) is 24.3 Å². The zero-order chi connectivity index (χ0) is 16.0. The summed E-state index contributed by atoms with van der Waals surface area (Å²) in [4.78, 5) is 12.7. The van der Waals surface area contributed by atoms with Crippen molar-refractivity contribution in [1.29, 1.82) is 0 Å². The van der Waals surface area contributed by atoms with Gasteiger partial charge >= 0.3 is 0 Å². The molecule has 114 valence electrons. The predicted molar refractivity (Wildman–Crippen MR) is 106 cm³/mol. The number of rotatable bonds is 2. The monoisotopic (exact) mass is 477 g/mol. The largest absolute Gasteiger partial charge is 0.321 e. The molecule has 23 heavy (non-hydrogen) atoms. The summed E-state index contributed by atoms with van der Waals surface area (Å²) in [5, 5.41) is 5.54. The number of carbonyl (C=O) groups excluding carboxylic acids is 1. The number of amides is 1. The van der Waals surface area contributed by atoms with Crippen LogP contribution in [0.2, 0.25) is 0 Å². The lowest BCUT2D eigenvalue weighted by Gasteiger charge is -2.11. The van der Waals surface area contributed by atoms with Gasteiger partial charge < -0.3 is 5.32 Å². The maximum atomic E-state index is 12.7. The summed E-state index contributed by atoms with van der Waals surface area (Å²) in [6.45, 7) is 0. The van der Waals surface area contributed by atoms with Gasteiger partial charge in [-0.25, -0.2) is 0 Å². The number of carbonyl (C=O) groups is 1. The van der Waals surface area contributed by atoms with Crippen LogP contribution in [0, 0.1) is 3.57 Å². The molecule has 2 nitrogen and oxygen atoms in total. The molecule has 3 aromatic rings. The lowest BCUT2D eigenvalue weighted by molar-refractivity contribution is 0.102. The van der Waals surface area contributed by atoms with E-state index in [0.29, 0.717) is 5.56 Å². The van der Waals surface area contributed by atoms with Crippen LogP contribution in [0.1, 0.15) is 21.5 Å². The normalized spacial score (nSPS) is 12.6. The predicted octanol–water partition coefficient (Wildman–Crippen LogP) is 5.56. The molecule has 0 atom stereocenters. The highest BCUT2D eigenvalue weighted by Gasteiger charge is 2.17. The lowest BCUT2D eigenvalue weighted by atomic mass is 10.0. The molecular weight excluding hydrogens is 465 g/mol. The average molecular weight is 478 g/mol. The summed E-state index contributed by atoms with van der Waals surface area (Å²) < 4.78 is 1.85. The fourth-order valence-electron chi connectivity index (χ4n) is 3.22. The summed E-state index contributed by atoms with van der Waals surface area (Å²) in [5.74, 6) is -0.0746. The Morgan fingerprint density at radius 3 is 2.65 bits per heavy atom. The van der Waals surface area contributed by atoms with Gasteiger partial charge in [-0.15, -0.1) is 0 Å². The summed E-state index contributed by atoms with van der Waals surface area (Å²) in [7, 11) is 0. The molecule has 3 aromatic carbocycles. The highest BCUT2D eigenvalue weighted by Crippen LogP contribution is 2.35. The molecule has 0 radical (unpaired) electrons. The van der Waals surface area contributed by atoms with Crippen LogP contribution in [-0.4, -0.2) is 5.91 Å². The molecule has 1 amide bonds. The molecule has 1 N–H and O–H groups in total. The van der Waals surface area contributed by atoms with Crippen LogP contribution >= 0.6 is 38.5 Å². The molecule has 0 unspecified atom stereocenters. The minimum absolute atomic E-state index is 0.0746. The first-order valence-electron chi connectivity index (χ1n) is 7.43. The van der Waals surface area contributed by atoms with Crippen LogP contribution < -0.4 is 5.32 Å². The number of anilines is 1. The van der Waals surface area contributed by atoms with Gasteiger partial charge in [0.2, 0.25) is 0 Å². The van der Waals surface area contributed by atoms with E-state index in [-0.39, 0.29) is 5.91 Å². The van der Waals surface area contributed by atoms with Crippen molar-refractivity contribution >= 4 is 60.9 Å². The smallest absolute Gasteiger partial charge is 0.256 e. The van der Waals surface area contributed by atoms with E-state index >= 15 is 0 Å². The number of hydrogen-bond donors (Lipinski definition) is 1. The van der Waals surface area contributed by atoms with E-state index < -0.39 is 0 Å². The maximum absolute atomic E-state index is 12.7. The lowest BCUT2D eigenvalue weighted by Crippen LogP contribution is -2.13. The summed E-state index contributed by atoms with van der Waals surface area (Å²) in [6, 6.07) is 16.2. The second kappa shape index (κ2) is 5.91. The number of hydrogen-bond acceptors (Lipinski definition) is 1. The van der Waals surface area contributed by atoms with E-state index in [1.165, 1.54) is 16.5 Å². The fourth-order valence-corrected chi connectivity index (χ4v) is 4.16. The highest BCUT2D eigenvalue weighted by molar-refractivity contribution is 14.1. The van der Waals surface area contributed by atoms with E-state index in [0.717, 1.165) is 32.0 Å². The third kappa shape index (κ3) is 2.68. The van der Waals surface area contributed by atoms with Gasteiger partial charge in [0.25, 0.3) is 5.91 Å². The molecule has 4 rings (SSSR count). The van der Waals surface area contributed by atoms with Crippen molar-refractivity contribution < 1.29 is 4.79 Å². The molecular formula is C19H13BrINO. The standard InChI is InChI=1S/C19H13BrINO/c20-13-7-8-16(21)15(10-13)19(23)22-17-9-6-12-5-4-11-2-1-3-14(17)18(11)12/h1-3,6-10H,4-5H2,(H,22,23). The van der Waals surface area contributed by atoms with Crippen molar-refractivity contribution in [3.8, 4) is 0 Å². The van der Waals surface area contributed by atoms with Gasteiger partial charge in [-0.05, 0) is 76.2 Å². The Morgan fingerprint density at radius 1 is 1.04 bits per heavy atom. The zero-order valence-corrected chi connectivity index (χ0v) is 15.9. The van der Waals surface area contributed by atoms with Crippen LogP contribution in [-0.2, 0) is 12.8 Å². The molecule has 0 saturated carbocycles. The van der Waals surface area contributed by atoms with Gasteiger partial charge in [-0.3, -0.25) is 4.79 Å². The van der Waals surface area contributed by atoms with Crippen molar-refractivity contribution in [2.75, 3.05) is 5.32 Å². The molecule has 4 heteroatoms. The molecule has 0 heterocycles. The van der Waals surface area contributed by atoms with E-state index in [2.05, 4.69) is 68.1 Å².